The van der Waals surface area contributed by atoms with E-state index in [4.69, 9.17) is 4.74 Å². The van der Waals surface area contributed by atoms with Gasteiger partial charge in [0.1, 0.15) is 0 Å². The lowest BCUT2D eigenvalue weighted by Crippen LogP contribution is -2.46. The number of halogens is 2. The monoisotopic (exact) mass is 330 g/mol. The lowest BCUT2D eigenvalue weighted by atomic mass is 9.89. The molecule has 0 aliphatic carbocycles. The summed E-state index contributed by atoms with van der Waals surface area (Å²) in [7, 11) is 1.51. The van der Waals surface area contributed by atoms with Crippen LogP contribution in [0.3, 0.4) is 0 Å². The minimum atomic E-state index is -0.265. The van der Waals surface area contributed by atoms with Crippen molar-refractivity contribution >= 4 is 12.4 Å². The summed E-state index contributed by atoms with van der Waals surface area (Å²) in [6.45, 7) is 8.54. The normalized spacial score (nSPS) is 18.4. The van der Waals surface area contributed by atoms with Crippen molar-refractivity contribution in [3.63, 3.8) is 0 Å². The third kappa shape index (κ3) is 4.58. The molecular weight excluding hydrogens is 303 g/mol. The molecule has 0 bridgehead atoms. The van der Waals surface area contributed by atoms with Crippen molar-refractivity contribution in [3.8, 4) is 5.75 Å². The van der Waals surface area contributed by atoms with E-state index >= 15 is 0 Å². The summed E-state index contributed by atoms with van der Waals surface area (Å²) >= 11 is 0. The number of hydrogen-bond acceptors (Lipinski definition) is 3. The van der Waals surface area contributed by atoms with Crippen LogP contribution in [0, 0.1) is 11.7 Å². The molecule has 5 heteroatoms. The Morgan fingerprint density at radius 1 is 1.32 bits per heavy atom. The molecule has 1 heterocycles. The molecule has 0 saturated carbocycles. The Morgan fingerprint density at radius 3 is 2.55 bits per heavy atom. The van der Waals surface area contributed by atoms with Crippen LogP contribution in [0.15, 0.2) is 18.2 Å². The molecule has 0 amide bonds. The fourth-order valence-electron chi connectivity index (χ4n) is 3.34. The van der Waals surface area contributed by atoms with Gasteiger partial charge in [-0.05, 0) is 30.0 Å². The SMILES string of the molecule is CCCC(C)[C@@H](c1ccc(OC)c(F)c1)N1CCNCC1.Cl. The second-order valence-electron chi connectivity index (χ2n) is 5.89. The number of piperazine rings is 1. The van der Waals surface area contributed by atoms with Crippen LogP contribution in [0.5, 0.6) is 5.75 Å². The Morgan fingerprint density at radius 2 is 2.00 bits per heavy atom. The van der Waals surface area contributed by atoms with Gasteiger partial charge in [-0.3, -0.25) is 4.90 Å². The van der Waals surface area contributed by atoms with Crippen LogP contribution >= 0.6 is 12.4 Å². The largest absolute Gasteiger partial charge is 0.494 e. The van der Waals surface area contributed by atoms with Gasteiger partial charge in [0, 0.05) is 32.2 Å². The minimum Gasteiger partial charge on any atom is -0.494 e. The van der Waals surface area contributed by atoms with Gasteiger partial charge in [-0.1, -0.05) is 26.3 Å². The number of benzene rings is 1. The highest BCUT2D eigenvalue weighted by Gasteiger charge is 2.27. The van der Waals surface area contributed by atoms with Gasteiger partial charge in [0.05, 0.1) is 7.11 Å². The first-order valence-corrected chi connectivity index (χ1v) is 7.95. The lowest BCUT2D eigenvalue weighted by Gasteiger charge is -2.38. The predicted molar refractivity (Wildman–Crippen MR) is 91.5 cm³/mol. The maximum absolute atomic E-state index is 14.1. The van der Waals surface area contributed by atoms with E-state index in [-0.39, 0.29) is 24.3 Å². The van der Waals surface area contributed by atoms with E-state index in [1.54, 1.807) is 12.1 Å². The molecule has 1 fully saturated rings. The van der Waals surface area contributed by atoms with Gasteiger partial charge in [0.25, 0.3) is 0 Å². The molecule has 1 N–H and O–H groups in total. The van der Waals surface area contributed by atoms with Crippen LogP contribution < -0.4 is 10.1 Å². The third-order valence-electron chi connectivity index (χ3n) is 4.35. The third-order valence-corrected chi connectivity index (χ3v) is 4.35. The summed E-state index contributed by atoms with van der Waals surface area (Å²) in [6.07, 6.45) is 2.31. The molecule has 0 aromatic heterocycles. The van der Waals surface area contributed by atoms with Crippen molar-refractivity contribution in [2.24, 2.45) is 5.92 Å². The standard InChI is InChI=1S/C17H27FN2O.ClH/c1-4-5-13(2)17(20-10-8-19-9-11-20)14-6-7-16(21-3)15(18)12-14;/h6-7,12-13,17,19H,4-5,8-11H2,1-3H3;1H/t13?,17-;/m0./s1. The van der Waals surface area contributed by atoms with Gasteiger partial charge < -0.3 is 10.1 Å². The molecule has 126 valence electrons. The highest BCUT2D eigenvalue weighted by Crippen LogP contribution is 2.33. The average Bonchev–Trinajstić information content (AvgIpc) is 2.49. The summed E-state index contributed by atoms with van der Waals surface area (Å²) in [5, 5.41) is 3.39. The molecular formula is C17H28ClFN2O. The number of methoxy groups -OCH3 is 1. The summed E-state index contributed by atoms with van der Waals surface area (Å²) in [5.74, 6) is 0.570. The summed E-state index contributed by atoms with van der Waals surface area (Å²) in [5.41, 5.74) is 1.07. The van der Waals surface area contributed by atoms with Gasteiger partial charge in [-0.15, -0.1) is 12.4 Å². The minimum absolute atomic E-state index is 0. The quantitative estimate of drug-likeness (QED) is 0.862. The smallest absolute Gasteiger partial charge is 0.165 e. The number of ether oxygens (including phenoxy) is 1. The van der Waals surface area contributed by atoms with Crippen LogP contribution in [0.4, 0.5) is 4.39 Å². The summed E-state index contributed by atoms with van der Waals surface area (Å²) < 4.78 is 19.1. The van der Waals surface area contributed by atoms with Crippen LogP contribution in [-0.4, -0.2) is 38.2 Å². The lowest BCUT2D eigenvalue weighted by molar-refractivity contribution is 0.125. The first kappa shape index (κ1) is 19.2. The number of hydrogen-bond donors (Lipinski definition) is 1. The van der Waals surface area contributed by atoms with Crippen LogP contribution in [0.1, 0.15) is 38.3 Å². The maximum Gasteiger partial charge on any atom is 0.165 e. The van der Waals surface area contributed by atoms with E-state index in [9.17, 15) is 4.39 Å². The molecule has 1 unspecified atom stereocenters. The van der Waals surface area contributed by atoms with E-state index in [0.717, 1.165) is 44.6 Å². The number of nitrogens with one attached hydrogen (secondary N) is 1. The molecule has 22 heavy (non-hydrogen) atoms. The van der Waals surface area contributed by atoms with Gasteiger partial charge in [0.15, 0.2) is 11.6 Å². The molecule has 1 aliphatic heterocycles. The second-order valence-corrected chi connectivity index (χ2v) is 5.89. The predicted octanol–water partition coefficient (Wildman–Crippen LogP) is 3.64. The second kappa shape index (κ2) is 9.33. The van der Waals surface area contributed by atoms with E-state index < -0.39 is 0 Å². The number of nitrogens with zero attached hydrogens (tertiary/aromatic N) is 1. The Balaban J connectivity index is 0.00000242. The van der Waals surface area contributed by atoms with Crippen molar-refractivity contribution < 1.29 is 9.13 Å². The van der Waals surface area contributed by atoms with Crippen LogP contribution in [-0.2, 0) is 0 Å². The zero-order chi connectivity index (χ0) is 15.2. The van der Waals surface area contributed by atoms with E-state index in [2.05, 4.69) is 24.1 Å². The van der Waals surface area contributed by atoms with Crippen molar-refractivity contribution in [1.29, 1.82) is 0 Å². The first-order valence-electron chi connectivity index (χ1n) is 7.95. The van der Waals surface area contributed by atoms with Gasteiger partial charge >= 0.3 is 0 Å². The maximum atomic E-state index is 14.1. The van der Waals surface area contributed by atoms with Crippen molar-refractivity contribution in [1.82, 2.24) is 10.2 Å². The summed E-state index contributed by atoms with van der Waals surface area (Å²) in [4.78, 5) is 2.48. The molecule has 2 rings (SSSR count). The molecule has 3 nitrogen and oxygen atoms in total. The van der Waals surface area contributed by atoms with E-state index in [0.29, 0.717) is 11.7 Å². The van der Waals surface area contributed by atoms with Crippen molar-refractivity contribution in [2.75, 3.05) is 33.3 Å². The fourth-order valence-corrected chi connectivity index (χ4v) is 3.34. The molecule has 0 radical (unpaired) electrons. The van der Waals surface area contributed by atoms with Crippen LogP contribution in [0.2, 0.25) is 0 Å². The molecule has 2 atom stereocenters. The Kier molecular flexibility index (Phi) is 8.15. The molecule has 1 aromatic rings. The van der Waals surface area contributed by atoms with Crippen molar-refractivity contribution in [2.45, 2.75) is 32.7 Å². The summed E-state index contributed by atoms with van der Waals surface area (Å²) in [6, 6.07) is 5.70. The van der Waals surface area contributed by atoms with Gasteiger partial charge in [-0.25, -0.2) is 4.39 Å². The first-order chi connectivity index (χ1) is 10.2. The number of rotatable bonds is 6. The molecule has 1 saturated heterocycles. The topological polar surface area (TPSA) is 24.5 Å². The molecule has 1 aliphatic rings. The highest BCUT2D eigenvalue weighted by molar-refractivity contribution is 5.85. The zero-order valence-corrected chi connectivity index (χ0v) is 14.6. The van der Waals surface area contributed by atoms with Crippen molar-refractivity contribution in [3.05, 3.63) is 29.6 Å². The highest BCUT2D eigenvalue weighted by atomic mass is 35.5. The van der Waals surface area contributed by atoms with Gasteiger partial charge in [-0.2, -0.15) is 0 Å². The molecule has 1 aromatic carbocycles. The zero-order valence-electron chi connectivity index (χ0n) is 13.8. The average molecular weight is 331 g/mol. The van der Waals surface area contributed by atoms with Gasteiger partial charge in [0.2, 0.25) is 0 Å². The van der Waals surface area contributed by atoms with E-state index in [1.165, 1.54) is 7.11 Å². The Labute approximate surface area is 139 Å². The Hall–Kier alpha value is -0.840. The van der Waals surface area contributed by atoms with Crippen LogP contribution in [0.25, 0.3) is 0 Å². The molecule has 0 spiro atoms. The fraction of sp³-hybridized carbons (Fsp3) is 0.647. The van der Waals surface area contributed by atoms with E-state index in [1.807, 2.05) is 6.07 Å². The Bertz CT molecular complexity index is 452.